The second kappa shape index (κ2) is 7.12. The number of rotatable bonds is 7. The van der Waals surface area contributed by atoms with Crippen LogP contribution in [0.1, 0.15) is 37.8 Å². The van der Waals surface area contributed by atoms with Crippen molar-refractivity contribution in [2.75, 3.05) is 14.1 Å². The van der Waals surface area contributed by atoms with Gasteiger partial charge in [-0.1, -0.05) is 13.3 Å². The molecule has 96 valence electrons. The molecule has 1 aromatic rings. The van der Waals surface area contributed by atoms with E-state index in [4.69, 9.17) is 0 Å². The lowest BCUT2D eigenvalue weighted by atomic mass is 10.1. The van der Waals surface area contributed by atoms with Crippen LogP contribution in [-0.2, 0) is 11.3 Å². The van der Waals surface area contributed by atoms with E-state index in [1.165, 1.54) is 5.56 Å². The smallest absolute Gasteiger partial charge is 0.221 e. The van der Waals surface area contributed by atoms with Crippen LogP contribution >= 0.6 is 0 Å². The number of hydrogen-bond donors (Lipinski definition) is 2. The maximum atomic E-state index is 11.1. The Labute approximate surface area is 103 Å². The standard InChI is InChI=1S/C13H23N3O/c1-4-5-12(14-2)11-6-8-16(10-11)9-7-13(17)15-3/h6,8,10,12,14H,4-5,7,9H2,1-3H3,(H,15,17). The van der Waals surface area contributed by atoms with Crippen LogP contribution in [0.2, 0.25) is 0 Å². The predicted molar refractivity (Wildman–Crippen MR) is 69.8 cm³/mol. The molecule has 0 fully saturated rings. The molecule has 17 heavy (non-hydrogen) atoms. The molecule has 0 radical (unpaired) electrons. The first kappa shape index (κ1) is 13.8. The first-order chi connectivity index (χ1) is 8.21. The van der Waals surface area contributed by atoms with E-state index in [0.717, 1.165) is 19.4 Å². The van der Waals surface area contributed by atoms with Gasteiger partial charge in [0.15, 0.2) is 0 Å². The van der Waals surface area contributed by atoms with E-state index in [1.807, 2.05) is 13.2 Å². The van der Waals surface area contributed by atoms with Crippen LogP contribution in [0.15, 0.2) is 18.5 Å². The maximum Gasteiger partial charge on any atom is 0.221 e. The fraction of sp³-hybridized carbons (Fsp3) is 0.615. The molecule has 0 aliphatic rings. The van der Waals surface area contributed by atoms with Crippen molar-refractivity contribution in [2.45, 2.75) is 38.8 Å². The van der Waals surface area contributed by atoms with Crippen molar-refractivity contribution in [2.24, 2.45) is 0 Å². The summed E-state index contributed by atoms with van der Waals surface area (Å²) in [6.07, 6.45) is 6.99. The number of aromatic nitrogens is 1. The molecule has 0 spiro atoms. The van der Waals surface area contributed by atoms with Crippen molar-refractivity contribution < 1.29 is 4.79 Å². The Morgan fingerprint density at radius 3 is 2.82 bits per heavy atom. The summed E-state index contributed by atoms with van der Waals surface area (Å²) in [4.78, 5) is 11.1. The lowest BCUT2D eigenvalue weighted by molar-refractivity contribution is -0.120. The van der Waals surface area contributed by atoms with Crippen LogP contribution in [0.5, 0.6) is 0 Å². The predicted octanol–water partition coefficient (Wildman–Crippen LogP) is 1.68. The Balaban J connectivity index is 2.54. The van der Waals surface area contributed by atoms with Gasteiger partial charge in [0, 0.05) is 38.4 Å². The minimum absolute atomic E-state index is 0.0824. The maximum absolute atomic E-state index is 11.1. The fourth-order valence-corrected chi connectivity index (χ4v) is 1.93. The summed E-state index contributed by atoms with van der Waals surface area (Å²) in [6, 6.07) is 2.54. The van der Waals surface area contributed by atoms with Crippen LogP contribution in [0.4, 0.5) is 0 Å². The Morgan fingerprint density at radius 1 is 1.47 bits per heavy atom. The average molecular weight is 237 g/mol. The summed E-state index contributed by atoms with van der Waals surface area (Å²) < 4.78 is 2.07. The lowest BCUT2D eigenvalue weighted by Crippen LogP contribution is -2.19. The zero-order valence-electron chi connectivity index (χ0n) is 11.0. The molecule has 0 aliphatic heterocycles. The quantitative estimate of drug-likeness (QED) is 0.758. The minimum atomic E-state index is 0.0824. The van der Waals surface area contributed by atoms with Gasteiger partial charge in [0.05, 0.1) is 0 Å². The van der Waals surface area contributed by atoms with Crippen LogP contribution in [0.3, 0.4) is 0 Å². The molecule has 0 aliphatic carbocycles. The molecule has 1 unspecified atom stereocenters. The third-order valence-electron chi connectivity index (χ3n) is 2.98. The zero-order valence-corrected chi connectivity index (χ0v) is 11.0. The molecule has 0 saturated heterocycles. The summed E-state index contributed by atoms with van der Waals surface area (Å²) in [6.45, 7) is 2.93. The van der Waals surface area contributed by atoms with Crippen molar-refractivity contribution in [1.82, 2.24) is 15.2 Å². The van der Waals surface area contributed by atoms with Crippen LogP contribution in [-0.4, -0.2) is 24.6 Å². The average Bonchev–Trinajstić information content (AvgIpc) is 2.81. The monoisotopic (exact) mass is 237 g/mol. The molecule has 1 aromatic heterocycles. The van der Waals surface area contributed by atoms with E-state index in [-0.39, 0.29) is 5.91 Å². The van der Waals surface area contributed by atoms with Crippen molar-refractivity contribution >= 4 is 5.91 Å². The highest BCUT2D eigenvalue weighted by molar-refractivity contribution is 5.75. The van der Waals surface area contributed by atoms with Gasteiger partial charge in [-0.3, -0.25) is 4.79 Å². The summed E-state index contributed by atoms with van der Waals surface area (Å²) in [5.74, 6) is 0.0824. The molecule has 2 N–H and O–H groups in total. The normalized spacial score (nSPS) is 12.4. The largest absolute Gasteiger partial charge is 0.359 e. The Morgan fingerprint density at radius 2 is 2.24 bits per heavy atom. The number of nitrogens with zero attached hydrogens (tertiary/aromatic N) is 1. The van der Waals surface area contributed by atoms with Crippen LogP contribution in [0, 0.1) is 0 Å². The molecule has 1 rings (SSSR count). The van der Waals surface area contributed by atoms with Crippen LogP contribution < -0.4 is 10.6 Å². The van der Waals surface area contributed by atoms with E-state index >= 15 is 0 Å². The number of aryl methyl sites for hydroxylation is 1. The second-order valence-electron chi connectivity index (χ2n) is 4.24. The Hall–Kier alpha value is -1.29. The minimum Gasteiger partial charge on any atom is -0.359 e. The molecular formula is C13H23N3O. The highest BCUT2D eigenvalue weighted by Gasteiger charge is 2.09. The van der Waals surface area contributed by atoms with Gasteiger partial charge >= 0.3 is 0 Å². The highest BCUT2D eigenvalue weighted by Crippen LogP contribution is 2.18. The van der Waals surface area contributed by atoms with Crippen LogP contribution in [0.25, 0.3) is 0 Å². The van der Waals surface area contributed by atoms with Gasteiger partial charge in [-0.05, 0) is 25.1 Å². The highest BCUT2D eigenvalue weighted by atomic mass is 16.1. The van der Waals surface area contributed by atoms with E-state index in [2.05, 4.69) is 34.4 Å². The summed E-state index contributed by atoms with van der Waals surface area (Å²) >= 11 is 0. The number of amides is 1. The van der Waals surface area contributed by atoms with Gasteiger partial charge in [0.1, 0.15) is 0 Å². The molecule has 1 amide bonds. The summed E-state index contributed by atoms with van der Waals surface area (Å²) in [5.41, 5.74) is 1.30. The summed E-state index contributed by atoms with van der Waals surface area (Å²) in [5, 5.41) is 5.95. The first-order valence-corrected chi connectivity index (χ1v) is 6.24. The molecular weight excluding hydrogens is 214 g/mol. The van der Waals surface area contributed by atoms with Gasteiger partial charge in [-0.25, -0.2) is 0 Å². The fourth-order valence-electron chi connectivity index (χ4n) is 1.93. The van der Waals surface area contributed by atoms with Crippen molar-refractivity contribution in [3.8, 4) is 0 Å². The van der Waals surface area contributed by atoms with Gasteiger partial charge in [-0.15, -0.1) is 0 Å². The Kier molecular flexibility index (Phi) is 5.77. The molecule has 0 saturated carbocycles. The number of hydrogen-bond acceptors (Lipinski definition) is 2. The van der Waals surface area contributed by atoms with E-state index in [0.29, 0.717) is 12.5 Å². The van der Waals surface area contributed by atoms with E-state index < -0.39 is 0 Å². The molecule has 0 aromatic carbocycles. The van der Waals surface area contributed by atoms with Crippen molar-refractivity contribution in [3.63, 3.8) is 0 Å². The van der Waals surface area contributed by atoms with E-state index in [1.54, 1.807) is 7.05 Å². The topological polar surface area (TPSA) is 46.1 Å². The van der Waals surface area contributed by atoms with E-state index in [9.17, 15) is 4.79 Å². The van der Waals surface area contributed by atoms with Gasteiger partial charge in [0.25, 0.3) is 0 Å². The lowest BCUT2D eigenvalue weighted by Gasteiger charge is -2.13. The number of carbonyl (C=O) groups is 1. The molecule has 1 atom stereocenters. The number of carbonyl (C=O) groups excluding carboxylic acids is 1. The molecule has 0 bridgehead atoms. The van der Waals surface area contributed by atoms with Gasteiger partial charge < -0.3 is 15.2 Å². The molecule has 1 heterocycles. The molecule has 4 nitrogen and oxygen atoms in total. The Bertz CT molecular complexity index is 346. The van der Waals surface area contributed by atoms with Gasteiger partial charge in [-0.2, -0.15) is 0 Å². The third kappa shape index (κ3) is 4.23. The SMILES string of the molecule is CCCC(NC)c1ccn(CCC(=O)NC)c1. The van der Waals surface area contributed by atoms with Crippen molar-refractivity contribution in [3.05, 3.63) is 24.0 Å². The van der Waals surface area contributed by atoms with Gasteiger partial charge in [0.2, 0.25) is 5.91 Å². The zero-order chi connectivity index (χ0) is 12.7. The number of nitrogens with one attached hydrogen (secondary N) is 2. The summed E-state index contributed by atoms with van der Waals surface area (Å²) in [7, 11) is 3.66. The second-order valence-corrected chi connectivity index (χ2v) is 4.24. The van der Waals surface area contributed by atoms with Crippen molar-refractivity contribution in [1.29, 1.82) is 0 Å². The third-order valence-corrected chi connectivity index (χ3v) is 2.98. The molecule has 4 heteroatoms. The first-order valence-electron chi connectivity index (χ1n) is 6.24.